The first-order valence-corrected chi connectivity index (χ1v) is 10.7. The summed E-state index contributed by atoms with van der Waals surface area (Å²) in [4.78, 5) is 50.7. The minimum atomic E-state index is -1.05. The number of carboxylic acid groups (broad SMARTS) is 1. The standard InChI is InChI=1S/C27H22N2O6/c1-15-13-21-22(14-20(15)27(34)35-3)29(16(2)30)25(31)23(21)24(17-7-5-4-6-8-17)28-19-11-9-18(10-12-19)26(32)33/h4-14,28H,1-3H3,(H,32,33). The number of methoxy groups -OCH3 is 1. The molecule has 0 saturated carbocycles. The summed E-state index contributed by atoms with van der Waals surface area (Å²) in [5.74, 6) is -2.66. The number of aryl methyl sites for hydroxylation is 1. The van der Waals surface area contributed by atoms with Gasteiger partial charge < -0.3 is 15.2 Å². The molecule has 1 aliphatic rings. The average molecular weight is 470 g/mol. The highest BCUT2D eigenvalue weighted by atomic mass is 16.5. The van der Waals surface area contributed by atoms with E-state index in [9.17, 15) is 24.3 Å². The summed E-state index contributed by atoms with van der Waals surface area (Å²) in [6.45, 7) is 3.01. The van der Waals surface area contributed by atoms with Gasteiger partial charge in [-0.05, 0) is 54.4 Å². The van der Waals surface area contributed by atoms with Gasteiger partial charge in [0.1, 0.15) is 0 Å². The van der Waals surface area contributed by atoms with E-state index in [1.807, 2.05) is 30.3 Å². The number of anilines is 2. The number of ether oxygens (including phenoxy) is 1. The quantitative estimate of drug-likeness (QED) is 0.421. The van der Waals surface area contributed by atoms with Gasteiger partial charge in [-0.15, -0.1) is 0 Å². The van der Waals surface area contributed by atoms with Crippen molar-refractivity contribution in [3.8, 4) is 0 Å². The number of amides is 2. The molecule has 0 spiro atoms. The topological polar surface area (TPSA) is 113 Å². The number of carbonyl (C=O) groups is 4. The number of hydrogen-bond acceptors (Lipinski definition) is 6. The molecule has 0 bridgehead atoms. The second-order valence-electron chi connectivity index (χ2n) is 7.96. The minimum absolute atomic E-state index is 0.125. The van der Waals surface area contributed by atoms with Gasteiger partial charge in [-0.25, -0.2) is 14.5 Å². The number of fused-ring (bicyclic) bond motifs is 1. The van der Waals surface area contributed by atoms with Gasteiger partial charge in [0, 0.05) is 18.2 Å². The van der Waals surface area contributed by atoms with E-state index in [1.165, 1.54) is 32.2 Å². The Balaban J connectivity index is 1.96. The van der Waals surface area contributed by atoms with E-state index in [-0.39, 0.29) is 16.7 Å². The van der Waals surface area contributed by atoms with Crippen LogP contribution in [0.4, 0.5) is 11.4 Å². The first-order valence-electron chi connectivity index (χ1n) is 10.7. The lowest BCUT2D eigenvalue weighted by molar-refractivity contribution is -0.122. The summed E-state index contributed by atoms with van der Waals surface area (Å²) in [7, 11) is 1.27. The molecule has 4 rings (SSSR count). The molecule has 0 aromatic heterocycles. The Hall–Kier alpha value is -4.72. The van der Waals surface area contributed by atoms with Crippen molar-refractivity contribution in [2.45, 2.75) is 13.8 Å². The highest BCUT2D eigenvalue weighted by molar-refractivity contribution is 6.44. The monoisotopic (exact) mass is 470 g/mol. The van der Waals surface area contributed by atoms with E-state index < -0.39 is 23.8 Å². The summed E-state index contributed by atoms with van der Waals surface area (Å²) >= 11 is 0. The van der Waals surface area contributed by atoms with Gasteiger partial charge in [-0.1, -0.05) is 30.3 Å². The zero-order chi connectivity index (χ0) is 25.3. The van der Waals surface area contributed by atoms with Gasteiger partial charge in [0.2, 0.25) is 5.91 Å². The molecule has 0 radical (unpaired) electrons. The molecule has 0 atom stereocenters. The number of aromatic carboxylic acids is 1. The van der Waals surface area contributed by atoms with Crippen molar-refractivity contribution in [3.05, 3.63) is 94.5 Å². The molecule has 0 unspecified atom stereocenters. The summed E-state index contributed by atoms with van der Waals surface area (Å²) in [5.41, 5.74) is 3.68. The van der Waals surface area contributed by atoms with Crippen LogP contribution < -0.4 is 10.2 Å². The van der Waals surface area contributed by atoms with E-state index in [4.69, 9.17) is 4.74 Å². The van der Waals surface area contributed by atoms with Crippen LogP contribution in [-0.4, -0.2) is 36.0 Å². The number of imide groups is 1. The zero-order valence-electron chi connectivity index (χ0n) is 19.3. The number of benzene rings is 3. The van der Waals surface area contributed by atoms with Gasteiger partial charge in [0.25, 0.3) is 5.91 Å². The Kier molecular flexibility index (Phi) is 6.20. The van der Waals surface area contributed by atoms with E-state index in [0.717, 1.165) is 4.90 Å². The SMILES string of the molecule is COC(=O)c1cc2c(cc1C)C(=C(Nc1ccc(C(=O)O)cc1)c1ccccc1)C(=O)N2C(C)=O. The van der Waals surface area contributed by atoms with Crippen LogP contribution >= 0.6 is 0 Å². The van der Waals surface area contributed by atoms with Crippen molar-refractivity contribution < 1.29 is 29.0 Å². The van der Waals surface area contributed by atoms with E-state index in [1.54, 1.807) is 25.1 Å². The maximum atomic E-state index is 13.6. The maximum Gasteiger partial charge on any atom is 0.338 e. The first-order chi connectivity index (χ1) is 16.7. The van der Waals surface area contributed by atoms with Gasteiger partial charge >= 0.3 is 11.9 Å². The fourth-order valence-corrected chi connectivity index (χ4v) is 4.03. The highest BCUT2D eigenvalue weighted by Crippen LogP contribution is 2.42. The molecule has 1 aliphatic heterocycles. The predicted octanol–water partition coefficient (Wildman–Crippen LogP) is 4.35. The van der Waals surface area contributed by atoms with E-state index in [2.05, 4.69) is 5.32 Å². The van der Waals surface area contributed by atoms with Crippen LogP contribution in [0.3, 0.4) is 0 Å². The number of nitrogens with one attached hydrogen (secondary N) is 1. The number of nitrogens with zero attached hydrogens (tertiary/aromatic N) is 1. The van der Waals surface area contributed by atoms with Crippen LogP contribution in [0.5, 0.6) is 0 Å². The Morgan fingerprint density at radius 1 is 0.943 bits per heavy atom. The van der Waals surface area contributed by atoms with Crippen LogP contribution in [0.25, 0.3) is 11.3 Å². The maximum absolute atomic E-state index is 13.6. The van der Waals surface area contributed by atoms with Crippen molar-refractivity contribution in [3.63, 3.8) is 0 Å². The summed E-state index contributed by atoms with van der Waals surface area (Å²) < 4.78 is 4.86. The molecule has 3 aromatic rings. The molecule has 1 heterocycles. The van der Waals surface area contributed by atoms with Crippen molar-refractivity contribution in [1.29, 1.82) is 0 Å². The third kappa shape index (κ3) is 4.29. The fraction of sp³-hybridized carbons (Fsp3) is 0.111. The molecule has 0 fully saturated rings. The normalized spacial score (nSPS) is 13.8. The second-order valence-corrected chi connectivity index (χ2v) is 7.96. The predicted molar refractivity (Wildman–Crippen MR) is 131 cm³/mol. The first kappa shape index (κ1) is 23.4. The molecule has 2 amide bonds. The molecule has 3 aromatic carbocycles. The van der Waals surface area contributed by atoms with Crippen molar-refractivity contribution in [2.75, 3.05) is 17.3 Å². The lowest BCUT2D eigenvalue weighted by atomic mass is 9.96. The largest absolute Gasteiger partial charge is 0.478 e. The Morgan fingerprint density at radius 2 is 1.60 bits per heavy atom. The third-order valence-corrected chi connectivity index (χ3v) is 5.70. The van der Waals surface area contributed by atoms with Crippen LogP contribution in [0.1, 0.15) is 44.3 Å². The minimum Gasteiger partial charge on any atom is -0.478 e. The van der Waals surface area contributed by atoms with Crippen molar-refractivity contribution in [2.24, 2.45) is 0 Å². The van der Waals surface area contributed by atoms with E-state index >= 15 is 0 Å². The van der Waals surface area contributed by atoms with Crippen LogP contribution in [-0.2, 0) is 14.3 Å². The Morgan fingerprint density at radius 3 is 2.17 bits per heavy atom. The molecular formula is C27H22N2O6. The number of rotatable bonds is 5. The summed E-state index contributed by atoms with van der Waals surface area (Å²) in [5, 5.41) is 12.4. The molecule has 8 nitrogen and oxygen atoms in total. The molecule has 0 saturated heterocycles. The number of carbonyl (C=O) groups excluding carboxylic acids is 3. The Bertz CT molecular complexity index is 1390. The molecular weight excluding hydrogens is 448 g/mol. The summed E-state index contributed by atoms with van der Waals surface area (Å²) in [6, 6.07) is 18.4. The van der Waals surface area contributed by atoms with Crippen molar-refractivity contribution in [1.82, 2.24) is 0 Å². The Labute approximate surface area is 201 Å². The molecule has 0 aliphatic carbocycles. The van der Waals surface area contributed by atoms with Crippen molar-refractivity contribution >= 4 is 46.4 Å². The average Bonchev–Trinajstić information content (AvgIpc) is 3.13. The lowest BCUT2D eigenvalue weighted by Crippen LogP contribution is -2.31. The molecule has 176 valence electrons. The lowest BCUT2D eigenvalue weighted by Gasteiger charge is -2.16. The summed E-state index contributed by atoms with van der Waals surface area (Å²) in [6.07, 6.45) is 0. The van der Waals surface area contributed by atoms with Crippen LogP contribution in [0.15, 0.2) is 66.7 Å². The number of hydrogen-bond donors (Lipinski definition) is 2. The second kappa shape index (κ2) is 9.26. The van der Waals surface area contributed by atoms with Gasteiger partial charge in [-0.2, -0.15) is 0 Å². The zero-order valence-corrected chi connectivity index (χ0v) is 19.3. The van der Waals surface area contributed by atoms with Gasteiger partial charge in [0.05, 0.1) is 35.2 Å². The number of carboxylic acids is 1. The highest BCUT2D eigenvalue weighted by Gasteiger charge is 2.38. The van der Waals surface area contributed by atoms with Gasteiger partial charge in [-0.3, -0.25) is 9.59 Å². The smallest absolute Gasteiger partial charge is 0.338 e. The molecule has 35 heavy (non-hydrogen) atoms. The third-order valence-electron chi connectivity index (χ3n) is 5.70. The number of esters is 1. The van der Waals surface area contributed by atoms with E-state index in [0.29, 0.717) is 33.8 Å². The van der Waals surface area contributed by atoms with Crippen LogP contribution in [0.2, 0.25) is 0 Å². The van der Waals surface area contributed by atoms with Crippen LogP contribution in [0, 0.1) is 6.92 Å². The molecule has 8 heteroatoms. The van der Waals surface area contributed by atoms with Gasteiger partial charge in [0.15, 0.2) is 0 Å². The fourth-order valence-electron chi connectivity index (χ4n) is 4.03. The molecule has 2 N–H and O–H groups in total.